The van der Waals surface area contributed by atoms with Crippen LogP contribution in [0.3, 0.4) is 0 Å². The van der Waals surface area contributed by atoms with E-state index in [9.17, 15) is 4.79 Å². The summed E-state index contributed by atoms with van der Waals surface area (Å²) in [5, 5.41) is 0. The van der Waals surface area contributed by atoms with Crippen LogP contribution < -0.4 is 11.3 Å². The standard InChI is InChI=1S/C8H8N2O/c9-10-6-8(11)7-4-2-1-3-5-7/h1-5,10H,9H2. The van der Waals surface area contributed by atoms with Gasteiger partial charge in [0.05, 0.1) is 0 Å². The minimum Gasteiger partial charge on any atom is -0.292 e. The first-order valence-electron chi connectivity index (χ1n) is 3.15. The maximum absolute atomic E-state index is 11.0. The highest BCUT2D eigenvalue weighted by molar-refractivity contribution is 6.01. The zero-order valence-corrected chi connectivity index (χ0v) is 5.87. The molecular weight excluding hydrogens is 140 g/mol. The summed E-state index contributed by atoms with van der Waals surface area (Å²) in [5.74, 6) is 4.64. The molecule has 11 heavy (non-hydrogen) atoms. The third-order valence-corrected chi connectivity index (χ3v) is 1.22. The number of carbonyl (C=O) groups is 1. The van der Waals surface area contributed by atoms with E-state index in [1.54, 1.807) is 24.3 Å². The van der Waals surface area contributed by atoms with Crippen LogP contribution in [0.25, 0.3) is 0 Å². The number of carbonyl (C=O) groups excluding carboxylic acids is 1. The molecule has 0 fully saturated rings. The molecule has 3 N–H and O–H groups in total. The Morgan fingerprint density at radius 3 is 2.55 bits per heavy atom. The molecule has 0 bridgehead atoms. The monoisotopic (exact) mass is 148 g/mol. The third-order valence-electron chi connectivity index (χ3n) is 1.22. The quantitative estimate of drug-likeness (QED) is 0.282. The maximum atomic E-state index is 11.0. The lowest BCUT2D eigenvalue weighted by molar-refractivity contribution is 0.102. The fourth-order valence-electron chi connectivity index (χ4n) is 0.727. The van der Waals surface area contributed by atoms with Crippen molar-refractivity contribution < 1.29 is 4.79 Å². The van der Waals surface area contributed by atoms with Crippen molar-refractivity contribution in [2.45, 2.75) is 0 Å². The predicted octanol–water partition coefficient (Wildman–Crippen LogP) is 0.371. The van der Waals surface area contributed by atoms with E-state index in [1.165, 1.54) is 0 Å². The zero-order chi connectivity index (χ0) is 8.10. The van der Waals surface area contributed by atoms with Crippen molar-refractivity contribution in [2.75, 3.05) is 0 Å². The highest BCUT2D eigenvalue weighted by Crippen LogP contribution is 1.99. The summed E-state index contributed by atoms with van der Waals surface area (Å²) in [5.41, 5.74) is 2.64. The fraction of sp³-hybridized carbons (Fsp3) is 0. The average Bonchev–Trinajstić information content (AvgIpc) is 2.07. The second-order valence-electron chi connectivity index (χ2n) is 1.96. The number of nitrogens with two attached hydrogens (primary N) is 1. The molecular formula is C8H8N2O. The molecule has 0 amide bonds. The van der Waals surface area contributed by atoms with Crippen LogP contribution in [-0.2, 0) is 0 Å². The van der Waals surface area contributed by atoms with E-state index in [4.69, 9.17) is 5.84 Å². The minimum absolute atomic E-state index is 0.242. The third kappa shape index (κ3) is 2.14. The number of benzene rings is 1. The first kappa shape index (κ1) is 7.91. The van der Waals surface area contributed by atoms with Gasteiger partial charge in [-0.15, -0.1) is 0 Å². The molecule has 2 radical (unpaired) electrons. The lowest BCUT2D eigenvalue weighted by Gasteiger charge is -1.95. The van der Waals surface area contributed by atoms with Gasteiger partial charge in [-0.25, -0.2) is 5.43 Å². The Bertz CT molecular complexity index is 233. The summed E-state index contributed by atoms with van der Waals surface area (Å²) in [4.78, 5) is 11.0. The van der Waals surface area contributed by atoms with Gasteiger partial charge in [-0.1, -0.05) is 30.3 Å². The van der Waals surface area contributed by atoms with Crippen LogP contribution in [0.5, 0.6) is 0 Å². The Hall–Kier alpha value is -1.19. The average molecular weight is 148 g/mol. The Balaban J connectivity index is 2.69. The lowest BCUT2D eigenvalue weighted by Crippen LogP contribution is -2.23. The second kappa shape index (κ2) is 3.85. The molecule has 0 unspecified atom stereocenters. The van der Waals surface area contributed by atoms with Gasteiger partial charge < -0.3 is 0 Å². The van der Waals surface area contributed by atoms with Crippen LogP contribution in [0.4, 0.5) is 0 Å². The summed E-state index contributed by atoms with van der Waals surface area (Å²) in [6, 6.07) is 8.81. The van der Waals surface area contributed by atoms with E-state index < -0.39 is 0 Å². The van der Waals surface area contributed by atoms with Crippen molar-refractivity contribution >= 4 is 5.78 Å². The molecule has 1 aromatic carbocycles. The lowest BCUT2D eigenvalue weighted by atomic mass is 10.1. The number of hydrazine groups is 1. The van der Waals surface area contributed by atoms with E-state index in [-0.39, 0.29) is 5.78 Å². The van der Waals surface area contributed by atoms with E-state index >= 15 is 0 Å². The van der Waals surface area contributed by atoms with Crippen LogP contribution >= 0.6 is 0 Å². The number of nitrogens with one attached hydrogen (secondary N) is 1. The van der Waals surface area contributed by atoms with Gasteiger partial charge in [0.2, 0.25) is 0 Å². The van der Waals surface area contributed by atoms with Gasteiger partial charge in [0, 0.05) is 5.56 Å². The van der Waals surface area contributed by atoms with Gasteiger partial charge in [0.25, 0.3) is 0 Å². The molecule has 0 aliphatic heterocycles. The molecule has 0 saturated heterocycles. The predicted molar refractivity (Wildman–Crippen MR) is 41.3 cm³/mol. The molecule has 0 aliphatic rings. The van der Waals surface area contributed by atoms with Crippen molar-refractivity contribution in [2.24, 2.45) is 5.84 Å². The molecule has 1 rings (SSSR count). The van der Waals surface area contributed by atoms with Gasteiger partial charge in [0.15, 0.2) is 12.3 Å². The molecule has 0 aromatic heterocycles. The van der Waals surface area contributed by atoms with Gasteiger partial charge in [-0.2, -0.15) is 0 Å². The SMILES string of the molecule is NN[C]C(=O)c1ccccc1. The van der Waals surface area contributed by atoms with Crippen LogP contribution in [0.2, 0.25) is 0 Å². The molecule has 0 heterocycles. The Morgan fingerprint density at radius 1 is 1.36 bits per heavy atom. The van der Waals surface area contributed by atoms with Gasteiger partial charge in [0.1, 0.15) is 0 Å². The van der Waals surface area contributed by atoms with E-state index in [1.807, 2.05) is 6.07 Å². The van der Waals surface area contributed by atoms with Crippen molar-refractivity contribution in [1.82, 2.24) is 5.43 Å². The van der Waals surface area contributed by atoms with Crippen molar-refractivity contribution in [1.29, 1.82) is 0 Å². The largest absolute Gasteiger partial charge is 0.292 e. The second-order valence-corrected chi connectivity index (χ2v) is 1.96. The van der Waals surface area contributed by atoms with Gasteiger partial charge >= 0.3 is 0 Å². The summed E-state index contributed by atoms with van der Waals surface area (Å²) >= 11 is 0. The smallest absolute Gasteiger partial charge is 0.189 e. The number of ketones is 1. The Kier molecular flexibility index (Phi) is 2.77. The van der Waals surface area contributed by atoms with Crippen molar-refractivity contribution in [3.05, 3.63) is 42.4 Å². The molecule has 0 spiro atoms. The van der Waals surface area contributed by atoms with E-state index in [0.29, 0.717) is 5.56 Å². The van der Waals surface area contributed by atoms with Crippen LogP contribution in [-0.4, -0.2) is 5.78 Å². The zero-order valence-electron chi connectivity index (χ0n) is 5.87. The number of rotatable bonds is 3. The summed E-state index contributed by atoms with van der Waals surface area (Å²) in [6.07, 6.45) is 0. The normalized spacial score (nSPS) is 9.55. The Labute approximate surface area is 65.2 Å². The molecule has 0 atom stereocenters. The molecule has 56 valence electrons. The van der Waals surface area contributed by atoms with Crippen molar-refractivity contribution in [3.63, 3.8) is 0 Å². The number of Topliss-reactive ketones (excluding diaryl/α,β-unsaturated/α-hetero) is 1. The molecule has 0 aliphatic carbocycles. The highest BCUT2D eigenvalue weighted by atomic mass is 16.1. The molecule has 3 nitrogen and oxygen atoms in total. The number of hydrogen-bond donors (Lipinski definition) is 2. The number of hydrogen-bond acceptors (Lipinski definition) is 3. The summed E-state index contributed by atoms with van der Waals surface area (Å²) in [7, 11) is 0. The summed E-state index contributed by atoms with van der Waals surface area (Å²) in [6.45, 7) is 2.25. The Morgan fingerprint density at radius 2 is 2.00 bits per heavy atom. The van der Waals surface area contributed by atoms with E-state index in [0.717, 1.165) is 0 Å². The molecule has 3 heteroatoms. The van der Waals surface area contributed by atoms with E-state index in [2.05, 4.69) is 12.0 Å². The van der Waals surface area contributed by atoms with Crippen LogP contribution in [0.15, 0.2) is 30.3 Å². The molecule has 0 saturated carbocycles. The molecule has 1 aromatic rings. The van der Waals surface area contributed by atoms with Crippen molar-refractivity contribution in [3.8, 4) is 0 Å². The highest BCUT2D eigenvalue weighted by Gasteiger charge is 2.02. The first-order valence-corrected chi connectivity index (χ1v) is 3.15. The van der Waals surface area contributed by atoms with Gasteiger partial charge in [-0.3, -0.25) is 10.6 Å². The first-order chi connectivity index (χ1) is 5.34. The maximum Gasteiger partial charge on any atom is 0.189 e. The fourth-order valence-corrected chi connectivity index (χ4v) is 0.727. The topological polar surface area (TPSA) is 55.1 Å². The minimum atomic E-state index is -0.242. The van der Waals surface area contributed by atoms with Crippen LogP contribution in [0, 0.1) is 6.54 Å². The van der Waals surface area contributed by atoms with Crippen LogP contribution in [0.1, 0.15) is 10.4 Å². The van der Waals surface area contributed by atoms with Gasteiger partial charge in [-0.05, 0) is 0 Å². The summed E-state index contributed by atoms with van der Waals surface area (Å²) < 4.78 is 0.